The van der Waals surface area contributed by atoms with Crippen LogP contribution in [0, 0.1) is 11.8 Å². The zero-order chi connectivity index (χ0) is 14.4. The van der Waals surface area contributed by atoms with E-state index in [1.807, 2.05) is 6.07 Å². The molecule has 2 aliphatic carbocycles. The van der Waals surface area contributed by atoms with Crippen LogP contribution in [-0.2, 0) is 4.79 Å². The van der Waals surface area contributed by atoms with Crippen molar-refractivity contribution in [2.45, 2.75) is 31.8 Å². The summed E-state index contributed by atoms with van der Waals surface area (Å²) in [6, 6.07) is 3.61. The van der Waals surface area contributed by atoms with Gasteiger partial charge in [-0.1, -0.05) is 0 Å². The predicted octanol–water partition coefficient (Wildman–Crippen LogP) is 2.25. The van der Waals surface area contributed by atoms with E-state index in [0.717, 1.165) is 31.2 Å². The van der Waals surface area contributed by atoms with Gasteiger partial charge in [-0.05, 0) is 37.7 Å². The van der Waals surface area contributed by atoms with Crippen molar-refractivity contribution in [2.24, 2.45) is 11.8 Å². The van der Waals surface area contributed by atoms with Crippen LogP contribution < -0.4 is 14.8 Å². The number of fused-ring (bicyclic) bond motifs is 1. The zero-order valence-corrected chi connectivity index (χ0v) is 11.8. The lowest BCUT2D eigenvalue weighted by Gasteiger charge is -2.23. The smallest absolute Gasteiger partial charge is 0.227 e. The SMILES string of the molecule is O=C(Nc1cc2c(cc1C(O)C1CC1)OCCO2)C1CC1. The van der Waals surface area contributed by atoms with Crippen LogP contribution in [0.2, 0.25) is 0 Å². The molecule has 5 heteroatoms. The Labute approximate surface area is 123 Å². The number of amides is 1. The van der Waals surface area contributed by atoms with Crippen molar-refractivity contribution in [3.05, 3.63) is 17.7 Å². The summed E-state index contributed by atoms with van der Waals surface area (Å²) < 4.78 is 11.2. The van der Waals surface area contributed by atoms with Gasteiger partial charge >= 0.3 is 0 Å². The van der Waals surface area contributed by atoms with Gasteiger partial charge in [0.2, 0.25) is 5.91 Å². The van der Waals surface area contributed by atoms with Crippen molar-refractivity contribution in [2.75, 3.05) is 18.5 Å². The fourth-order valence-corrected chi connectivity index (χ4v) is 2.70. The average Bonchev–Trinajstić information content (AvgIpc) is 3.38. The first-order valence-corrected chi connectivity index (χ1v) is 7.65. The Morgan fingerprint density at radius 1 is 1.14 bits per heavy atom. The first-order chi connectivity index (χ1) is 10.2. The molecule has 21 heavy (non-hydrogen) atoms. The third-order valence-electron chi connectivity index (χ3n) is 4.31. The number of carbonyl (C=O) groups excluding carboxylic acids is 1. The highest BCUT2D eigenvalue weighted by molar-refractivity contribution is 5.95. The van der Waals surface area contributed by atoms with Crippen LogP contribution in [0.3, 0.4) is 0 Å². The molecule has 1 unspecified atom stereocenters. The van der Waals surface area contributed by atoms with Gasteiger partial charge in [0.1, 0.15) is 13.2 Å². The maximum Gasteiger partial charge on any atom is 0.227 e. The Bertz CT molecular complexity index is 578. The average molecular weight is 289 g/mol. The first kappa shape index (κ1) is 13.0. The monoisotopic (exact) mass is 289 g/mol. The van der Waals surface area contributed by atoms with Crippen LogP contribution in [0.1, 0.15) is 37.4 Å². The van der Waals surface area contributed by atoms with Crippen LogP contribution in [0.5, 0.6) is 11.5 Å². The lowest BCUT2D eigenvalue weighted by molar-refractivity contribution is -0.117. The Kier molecular flexibility index (Phi) is 3.03. The number of benzene rings is 1. The number of carbonyl (C=O) groups is 1. The Morgan fingerprint density at radius 3 is 2.43 bits per heavy atom. The molecule has 0 spiro atoms. The number of nitrogens with one attached hydrogen (secondary N) is 1. The molecule has 0 bridgehead atoms. The summed E-state index contributed by atoms with van der Waals surface area (Å²) in [5.41, 5.74) is 1.41. The molecule has 2 fully saturated rings. The highest BCUT2D eigenvalue weighted by atomic mass is 16.6. The summed E-state index contributed by atoms with van der Waals surface area (Å²) >= 11 is 0. The Morgan fingerprint density at radius 2 is 1.81 bits per heavy atom. The first-order valence-electron chi connectivity index (χ1n) is 7.65. The van der Waals surface area contributed by atoms with Gasteiger partial charge in [-0.3, -0.25) is 4.79 Å². The molecular weight excluding hydrogens is 270 g/mol. The fourth-order valence-electron chi connectivity index (χ4n) is 2.70. The van der Waals surface area contributed by atoms with Gasteiger partial charge in [0.25, 0.3) is 0 Å². The minimum atomic E-state index is -0.546. The Hall–Kier alpha value is -1.75. The third kappa shape index (κ3) is 2.58. The molecule has 4 rings (SSSR count). The van der Waals surface area contributed by atoms with E-state index in [1.165, 1.54) is 0 Å². The molecule has 1 aromatic carbocycles. The van der Waals surface area contributed by atoms with Gasteiger partial charge in [0.15, 0.2) is 11.5 Å². The second kappa shape index (κ2) is 4.91. The molecule has 0 saturated heterocycles. The van der Waals surface area contributed by atoms with Crippen molar-refractivity contribution in [1.29, 1.82) is 0 Å². The largest absolute Gasteiger partial charge is 0.486 e. The van der Waals surface area contributed by atoms with Crippen LogP contribution in [0.4, 0.5) is 5.69 Å². The molecule has 5 nitrogen and oxygen atoms in total. The summed E-state index contributed by atoms with van der Waals surface area (Å²) in [6.07, 6.45) is 3.43. The van der Waals surface area contributed by atoms with E-state index in [4.69, 9.17) is 9.47 Å². The molecule has 1 aliphatic heterocycles. The fraction of sp³-hybridized carbons (Fsp3) is 0.562. The summed E-state index contributed by atoms with van der Waals surface area (Å²) in [4.78, 5) is 12.0. The maximum absolute atomic E-state index is 12.0. The number of aliphatic hydroxyl groups is 1. The van der Waals surface area contributed by atoms with E-state index in [-0.39, 0.29) is 11.8 Å². The summed E-state index contributed by atoms with van der Waals surface area (Å²) in [7, 11) is 0. The van der Waals surface area contributed by atoms with Gasteiger partial charge in [-0.2, -0.15) is 0 Å². The highest BCUT2D eigenvalue weighted by Gasteiger charge is 2.35. The number of aliphatic hydroxyl groups excluding tert-OH is 1. The number of anilines is 1. The van der Waals surface area contributed by atoms with Crippen molar-refractivity contribution < 1.29 is 19.4 Å². The molecule has 2 saturated carbocycles. The molecule has 3 aliphatic rings. The number of ether oxygens (including phenoxy) is 2. The van der Waals surface area contributed by atoms with Crippen molar-refractivity contribution in [3.8, 4) is 11.5 Å². The minimum absolute atomic E-state index is 0.0379. The topological polar surface area (TPSA) is 67.8 Å². The molecule has 2 N–H and O–H groups in total. The standard InChI is InChI=1S/C16H19NO4/c18-15(9-1-2-9)11-7-13-14(21-6-5-20-13)8-12(11)17-16(19)10-3-4-10/h7-10,15,18H,1-6H2,(H,17,19). The minimum Gasteiger partial charge on any atom is -0.486 e. The number of rotatable bonds is 4. The van der Waals surface area contributed by atoms with E-state index in [0.29, 0.717) is 36.3 Å². The second-order valence-electron chi connectivity index (χ2n) is 6.13. The van der Waals surface area contributed by atoms with E-state index in [2.05, 4.69) is 5.32 Å². The summed E-state index contributed by atoms with van der Waals surface area (Å²) in [5, 5.41) is 13.4. The van der Waals surface area contributed by atoms with Gasteiger partial charge in [0.05, 0.1) is 11.8 Å². The lowest BCUT2D eigenvalue weighted by Crippen LogP contribution is -2.19. The molecule has 1 heterocycles. The maximum atomic E-state index is 12.0. The molecule has 1 atom stereocenters. The van der Waals surface area contributed by atoms with E-state index in [1.54, 1.807) is 6.07 Å². The molecular formula is C16H19NO4. The number of hydrogen-bond donors (Lipinski definition) is 2. The molecule has 1 amide bonds. The summed E-state index contributed by atoms with van der Waals surface area (Å²) in [6.45, 7) is 1.02. The predicted molar refractivity (Wildman–Crippen MR) is 76.5 cm³/mol. The normalized spacial score (nSPS) is 21.8. The van der Waals surface area contributed by atoms with Gasteiger partial charge in [0, 0.05) is 17.5 Å². The van der Waals surface area contributed by atoms with Crippen LogP contribution in [0.25, 0.3) is 0 Å². The molecule has 112 valence electrons. The van der Waals surface area contributed by atoms with Crippen LogP contribution in [0.15, 0.2) is 12.1 Å². The van der Waals surface area contributed by atoms with Gasteiger partial charge in [-0.25, -0.2) is 0 Å². The van der Waals surface area contributed by atoms with Gasteiger partial charge in [-0.15, -0.1) is 0 Å². The number of hydrogen-bond acceptors (Lipinski definition) is 4. The van der Waals surface area contributed by atoms with Crippen molar-refractivity contribution in [3.63, 3.8) is 0 Å². The highest BCUT2D eigenvalue weighted by Crippen LogP contribution is 2.46. The van der Waals surface area contributed by atoms with Crippen molar-refractivity contribution >= 4 is 11.6 Å². The molecule has 1 aromatic rings. The Balaban J connectivity index is 1.68. The lowest BCUT2D eigenvalue weighted by atomic mass is 10.0. The molecule has 0 aromatic heterocycles. The van der Waals surface area contributed by atoms with E-state index >= 15 is 0 Å². The van der Waals surface area contributed by atoms with Crippen LogP contribution >= 0.6 is 0 Å². The molecule has 0 radical (unpaired) electrons. The second-order valence-corrected chi connectivity index (χ2v) is 6.13. The van der Waals surface area contributed by atoms with Gasteiger partial charge < -0.3 is 19.9 Å². The van der Waals surface area contributed by atoms with E-state index < -0.39 is 6.10 Å². The van der Waals surface area contributed by atoms with E-state index in [9.17, 15) is 9.90 Å². The van der Waals surface area contributed by atoms with Crippen LogP contribution in [-0.4, -0.2) is 24.2 Å². The quantitative estimate of drug-likeness (QED) is 0.892. The zero-order valence-electron chi connectivity index (χ0n) is 11.8. The van der Waals surface area contributed by atoms with Crippen molar-refractivity contribution in [1.82, 2.24) is 0 Å². The third-order valence-corrected chi connectivity index (χ3v) is 4.31. The summed E-state index contributed by atoms with van der Waals surface area (Å²) in [5.74, 6) is 1.75.